The molecular formula is C18H18ClFN2O3S. The van der Waals surface area contributed by atoms with E-state index >= 15 is 0 Å². The molecule has 3 rings (SSSR count). The van der Waals surface area contributed by atoms with Gasteiger partial charge in [-0.25, -0.2) is 12.8 Å². The zero-order valence-corrected chi connectivity index (χ0v) is 15.6. The van der Waals surface area contributed by atoms with Crippen LogP contribution in [0, 0.1) is 5.82 Å². The Labute approximate surface area is 156 Å². The maximum Gasteiger partial charge on any atom is 0.251 e. The molecule has 0 atom stereocenters. The number of hydrogen-bond acceptors (Lipinski definition) is 3. The monoisotopic (exact) mass is 396 g/mol. The summed E-state index contributed by atoms with van der Waals surface area (Å²) in [6, 6.07) is 10.8. The van der Waals surface area contributed by atoms with Crippen LogP contribution < -0.4 is 5.32 Å². The molecule has 1 aliphatic carbocycles. The summed E-state index contributed by atoms with van der Waals surface area (Å²) in [5.74, 6) is -1.10. The lowest BCUT2D eigenvalue weighted by Crippen LogP contribution is -2.27. The second kappa shape index (κ2) is 7.34. The lowest BCUT2D eigenvalue weighted by molar-refractivity contribution is 0.0951. The van der Waals surface area contributed by atoms with Gasteiger partial charge in [0.15, 0.2) is 5.82 Å². The Morgan fingerprint density at radius 1 is 1.23 bits per heavy atom. The molecule has 5 nitrogen and oxygen atoms in total. The minimum atomic E-state index is -4.03. The van der Waals surface area contributed by atoms with E-state index in [2.05, 4.69) is 5.32 Å². The van der Waals surface area contributed by atoms with Gasteiger partial charge >= 0.3 is 0 Å². The first-order valence-electron chi connectivity index (χ1n) is 8.09. The molecule has 1 fully saturated rings. The van der Waals surface area contributed by atoms with Crippen molar-refractivity contribution in [2.75, 3.05) is 7.05 Å². The van der Waals surface area contributed by atoms with Crippen molar-refractivity contribution < 1.29 is 17.6 Å². The van der Waals surface area contributed by atoms with E-state index in [0.29, 0.717) is 11.1 Å². The summed E-state index contributed by atoms with van der Waals surface area (Å²) in [6.45, 7) is 0.0405. The molecule has 8 heteroatoms. The number of carbonyl (C=O) groups is 1. The lowest BCUT2D eigenvalue weighted by Gasteiger charge is -2.18. The molecule has 0 radical (unpaired) electrons. The SMILES string of the molecule is CN(Cc1ccc(C(=O)NC2CC2)cc1)S(=O)(=O)c1cccc(Cl)c1F. The number of sulfonamides is 1. The predicted molar refractivity (Wildman–Crippen MR) is 97.0 cm³/mol. The second-order valence-electron chi connectivity index (χ2n) is 6.26. The maximum absolute atomic E-state index is 14.1. The summed E-state index contributed by atoms with van der Waals surface area (Å²) in [7, 11) is -2.67. The summed E-state index contributed by atoms with van der Waals surface area (Å²) in [5, 5.41) is 2.64. The van der Waals surface area contributed by atoms with Crippen LogP contribution in [0.2, 0.25) is 5.02 Å². The van der Waals surface area contributed by atoms with E-state index in [1.807, 2.05) is 0 Å². The van der Waals surface area contributed by atoms with Gasteiger partial charge in [-0.15, -0.1) is 0 Å². The van der Waals surface area contributed by atoms with Crippen LogP contribution in [0.4, 0.5) is 4.39 Å². The van der Waals surface area contributed by atoms with Gasteiger partial charge in [-0.2, -0.15) is 4.31 Å². The van der Waals surface area contributed by atoms with Crippen molar-refractivity contribution in [3.8, 4) is 0 Å². The Balaban J connectivity index is 1.73. The number of carbonyl (C=O) groups excluding carboxylic acids is 1. The third-order valence-electron chi connectivity index (χ3n) is 4.14. The molecule has 0 aliphatic heterocycles. The first-order chi connectivity index (χ1) is 12.3. The van der Waals surface area contributed by atoms with Gasteiger partial charge in [-0.1, -0.05) is 29.8 Å². The number of nitrogens with zero attached hydrogens (tertiary/aromatic N) is 1. The highest BCUT2D eigenvalue weighted by Crippen LogP contribution is 2.25. The number of halogens is 2. The van der Waals surface area contributed by atoms with Crippen molar-refractivity contribution in [3.05, 3.63) is 64.4 Å². The number of hydrogen-bond donors (Lipinski definition) is 1. The van der Waals surface area contributed by atoms with Crippen molar-refractivity contribution in [2.24, 2.45) is 0 Å². The van der Waals surface area contributed by atoms with Crippen molar-refractivity contribution in [2.45, 2.75) is 30.3 Å². The normalized spacial score (nSPS) is 14.5. The number of benzene rings is 2. The largest absolute Gasteiger partial charge is 0.349 e. The number of nitrogens with one attached hydrogen (secondary N) is 1. The predicted octanol–water partition coefficient (Wildman–Crippen LogP) is 3.19. The van der Waals surface area contributed by atoms with E-state index in [9.17, 15) is 17.6 Å². The van der Waals surface area contributed by atoms with Crippen molar-refractivity contribution in [3.63, 3.8) is 0 Å². The molecule has 0 spiro atoms. The molecule has 26 heavy (non-hydrogen) atoms. The molecule has 2 aromatic rings. The minimum Gasteiger partial charge on any atom is -0.349 e. The fourth-order valence-corrected chi connectivity index (χ4v) is 3.92. The van der Waals surface area contributed by atoms with Crippen molar-refractivity contribution >= 4 is 27.5 Å². The van der Waals surface area contributed by atoms with Crippen LogP contribution in [0.25, 0.3) is 0 Å². The summed E-state index contributed by atoms with van der Waals surface area (Å²) in [5.41, 5.74) is 1.20. The molecule has 1 saturated carbocycles. The Hall–Kier alpha value is -1.96. The van der Waals surface area contributed by atoms with Gasteiger partial charge in [-0.3, -0.25) is 4.79 Å². The van der Waals surface area contributed by atoms with Crippen LogP contribution in [0.3, 0.4) is 0 Å². The third-order valence-corrected chi connectivity index (χ3v) is 6.25. The highest BCUT2D eigenvalue weighted by atomic mass is 35.5. The highest BCUT2D eigenvalue weighted by Gasteiger charge is 2.26. The summed E-state index contributed by atoms with van der Waals surface area (Å²) in [4.78, 5) is 11.5. The molecular weight excluding hydrogens is 379 g/mol. The number of rotatable bonds is 6. The van der Waals surface area contributed by atoms with Gasteiger partial charge in [0.05, 0.1) is 5.02 Å². The van der Waals surface area contributed by atoms with Crippen molar-refractivity contribution in [1.82, 2.24) is 9.62 Å². The van der Waals surface area contributed by atoms with E-state index in [-0.39, 0.29) is 23.5 Å². The van der Waals surface area contributed by atoms with Gasteiger partial charge in [-0.05, 0) is 42.7 Å². The van der Waals surface area contributed by atoms with Crippen LogP contribution >= 0.6 is 11.6 Å². The average molecular weight is 397 g/mol. The Bertz CT molecular complexity index is 928. The molecule has 0 saturated heterocycles. The average Bonchev–Trinajstić information content (AvgIpc) is 3.41. The molecule has 0 aromatic heterocycles. The van der Waals surface area contributed by atoms with Gasteiger partial charge < -0.3 is 5.32 Å². The molecule has 2 aromatic carbocycles. The van der Waals surface area contributed by atoms with E-state index in [1.165, 1.54) is 25.2 Å². The minimum absolute atomic E-state index is 0.0405. The Kier molecular flexibility index (Phi) is 5.32. The standard InChI is InChI=1S/C18H18ClFN2O3S/c1-22(26(24,25)16-4-2-3-15(19)17(16)20)11-12-5-7-13(8-6-12)18(23)21-14-9-10-14/h2-8,14H,9-11H2,1H3,(H,21,23). The van der Waals surface area contributed by atoms with Gasteiger partial charge in [0.2, 0.25) is 10.0 Å². The molecule has 0 unspecified atom stereocenters. The number of amides is 1. The molecule has 138 valence electrons. The van der Waals surface area contributed by atoms with Gasteiger partial charge in [0, 0.05) is 25.2 Å². The van der Waals surface area contributed by atoms with E-state index < -0.39 is 20.7 Å². The molecule has 1 aliphatic rings. The molecule has 1 amide bonds. The topological polar surface area (TPSA) is 66.5 Å². The second-order valence-corrected chi connectivity index (χ2v) is 8.68. The fraction of sp³-hybridized carbons (Fsp3) is 0.278. The van der Waals surface area contributed by atoms with E-state index in [1.54, 1.807) is 24.3 Å². The molecule has 0 heterocycles. The Morgan fingerprint density at radius 2 is 1.88 bits per heavy atom. The quantitative estimate of drug-likeness (QED) is 0.815. The molecule has 0 bridgehead atoms. The van der Waals surface area contributed by atoms with Gasteiger partial charge in [0.25, 0.3) is 5.91 Å². The van der Waals surface area contributed by atoms with Crippen LogP contribution in [-0.2, 0) is 16.6 Å². The van der Waals surface area contributed by atoms with Crippen LogP contribution in [0.1, 0.15) is 28.8 Å². The van der Waals surface area contributed by atoms with E-state index in [4.69, 9.17) is 11.6 Å². The van der Waals surface area contributed by atoms with Crippen LogP contribution in [0.15, 0.2) is 47.4 Å². The zero-order chi connectivity index (χ0) is 18.9. The van der Waals surface area contributed by atoms with Crippen molar-refractivity contribution in [1.29, 1.82) is 0 Å². The first-order valence-corrected chi connectivity index (χ1v) is 9.91. The van der Waals surface area contributed by atoms with Crippen LogP contribution in [0.5, 0.6) is 0 Å². The summed E-state index contributed by atoms with van der Waals surface area (Å²) < 4.78 is 40.3. The maximum atomic E-state index is 14.1. The smallest absolute Gasteiger partial charge is 0.251 e. The fourth-order valence-electron chi connectivity index (χ4n) is 2.45. The Morgan fingerprint density at radius 3 is 2.50 bits per heavy atom. The first kappa shape index (κ1) is 18.8. The van der Waals surface area contributed by atoms with Gasteiger partial charge in [0.1, 0.15) is 4.90 Å². The molecule has 1 N–H and O–H groups in total. The highest BCUT2D eigenvalue weighted by molar-refractivity contribution is 7.89. The lowest BCUT2D eigenvalue weighted by atomic mass is 10.1. The third kappa shape index (κ3) is 4.06. The summed E-state index contributed by atoms with van der Waals surface area (Å²) in [6.07, 6.45) is 2.01. The van der Waals surface area contributed by atoms with Crippen LogP contribution in [-0.4, -0.2) is 31.7 Å². The zero-order valence-electron chi connectivity index (χ0n) is 14.1. The van der Waals surface area contributed by atoms with E-state index in [0.717, 1.165) is 17.1 Å². The summed E-state index contributed by atoms with van der Waals surface area (Å²) >= 11 is 5.68.